The van der Waals surface area contributed by atoms with Gasteiger partial charge in [-0.25, -0.2) is 0 Å². The zero-order valence-electron chi connectivity index (χ0n) is 8.66. The number of hydrogen-bond donors (Lipinski definition) is 0. The summed E-state index contributed by atoms with van der Waals surface area (Å²) in [7, 11) is 2.06. The Balaban J connectivity index is 2.61. The molecule has 0 aromatic heterocycles. The fraction of sp³-hybridized carbons (Fsp3) is 0. The second-order valence-electron chi connectivity index (χ2n) is 3.63. The van der Waals surface area contributed by atoms with E-state index in [4.69, 9.17) is 0 Å². The van der Waals surface area contributed by atoms with Crippen LogP contribution >= 0.6 is 0 Å². The van der Waals surface area contributed by atoms with Crippen LogP contribution in [0, 0.1) is 0 Å². The minimum atomic E-state index is -0.0301. The van der Waals surface area contributed by atoms with Crippen molar-refractivity contribution in [2.45, 2.75) is 0 Å². The van der Waals surface area contributed by atoms with Crippen molar-refractivity contribution in [3.05, 3.63) is 54.6 Å². The molecule has 0 N–H and O–H groups in total. The molecule has 0 amide bonds. The minimum Gasteiger partial charge on any atom is -0.289 e. The molecule has 2 heteroatoms. The van der Waals surface area contributed by atoms with Gasteiger partial charge in [-0.05, 0) is 22.9 Å². The zero-order valence-corrected chi connectivity index (χ0v) is 8.66. The summed E-state index contributed by atoms with van der Waals surface area (Å²) in [6.45, 7) is 3.48. The molecule has 2 aromatic carbocycles. The van der Waals surface area contributed by atoms with E-state index < -0.39 is 0 Å². The molecule has 1 nitrogen and oxygen atoms in total. The lowest BCUT2D eigenvalue weighted by Gasteiger charge is -2.01. The Bertz CT molecular complexity index is 543. The van der Waals surface area contributed by atoms with Gasteiger partial charge in [0.15, 0.2) is 5.78 Å². The summed E-state index contributed by atoms with van der Waals surface area (Å²) in [4.78, 5) is 11.4. The Morgan fingerprint density at radius 1 is 1.13 bits per heavy atom. The smallest absolute Gasteiger partial charge is 0.185 e. The summed E-state index contributed by atoms with van der Waals surface area (Å²) in [5.74, 6) is -0.0301. The van der Waals surface area contributed by atoms with Gasteiger partial charge < -0.3 is 0 Å². The van der Waals surface area contributed by atoms with Crippen LogP contribution in [0.15, 0.2) is 49.1 Å². The normalized spacial score (nSPS) is 10.1. The molecular weight excluding hydrogens is 183 g/mol. The van der Waals surface area contributed by atoms with Gasteiger partial charge in [-0.1, -0.05) is 42.4 Å². The van der Waals surface area contributed by atoms with Crippen LogP contribution < -0.4 is 5.46 Å². The quantitative estimate of drug-likeness (QED) is 0.402. The number of ketones is 1. The topological polar surface area (TPSA) is 17.1 Å². The van der Waals surface area contributed by atoms with Crippen molar-refractivity contribution in [3.8, 4) is 0 Å². The molecule has 0 fully saturated rings. The molecule has 0 heterocycles. The van der Waals surface area contributed by atoms with E-state index in [0.29, 0.717) is 5.56 Å². The fourth-order valence-corrected chi connectivity index (χ4v) is 1.64. The average Bonchev–Trinajstić information content (AvgIpc) is 2.27. The van der Waals surface area contributed by atoms with Crippen LogP contribution in [0.2, 0.25) is 0 Å². The van der Waals surface area contributed by atoms with E-state index in [1.807, 2.05) is 30.3 Å². The summed E-state index contributed by atoms with van der Waals surface area (Å²) in [6, 6.07) is 11.9. The summed E-state index contributed by atoms with van der Waals surface area (Å²) in [6.07, 6.45) is 1.34. The van der Waals surface area contributed by atoms with Crippen LogP contribution in [-0.2, 0) is 0 Å². The van der Waals surface area contributed by atoms with Gasteiger partial charge in [0.05, 0.1) is 0 Å². The van der Waals surface area contributed by atoms with E-state index in [9.17, 15) is 4.79 Å². The highest BCUT2D eigenvalue weighted by Crippen LogP contribution is 2.15. The number of rotatable bonds is 2. The van der Waals surface area contributed by atoms with Crippen molar-refractivity contribution in [3.63, 3.8) is 0 Å². The molecule has 0 aliphatic heterocycles. The Labute approximate surface area is 89.8 Å². The third-order valence-corrected chi connectivity index (χ3v) is 2.47. The minimum absolute atomic E-state index is 0.0301. The Kier molecular flexibility index (Phi) is 2.42. The van der Waals surface area contributed by atoms with Gasteiger partial charge in [0.25, 0.3) is 0 Å². The number of carbonyl (C=O) groups is 1. The lowest BCUT2D eigenvalue weighted by molar-refractivity contribution is 0.104. The Morgan fingerprint density at radius 3 is 2.53 bits per heavy atom. The van der Waals surface area contributed by atoms with Gasteiger partial charge in [-0.2, -0.15) is 0 Å². The zero-order chi connectivity index (χ0) is 10.8. The number of carbonyl (C=O) groups excluding carboxylic acids is 1. The van der Waals surface area contributed by atoms with Crippen LogP contribution in [0.3, 0.4) is 0 Å². The van der Waals surface area contributed by atoms with E-state index in [0.717, 1.165) is 10.8 Å². The first-order valence-corrected chi connectivity index (χ1v) is 4.88. The highest BCUT2D eigenvalue weighted by atomic mass is 16.1. The summed E-state index contributed by atoms with van der Waals surface area (Å²) in [5, 5.41) is 2.25. The van der Waals surface area contributed by atoms with Gasteiger partial charge in [-0.15, -0.1) is 0 Å². The molecule has 0 aliphatic rings. The highest BCUT2D eigenvalue weighted by Gasteiger charge is 2.01. The monoisotopic (exact) mass is 194 g/mol. The van der Waals surface area contributed by atoms with Crippen molar-refractivity contribution >= 4 is 29.9 Å². The Morgan fingerprint density at radius 2 is 1.80 bits per heavy atom. The molecule has 2 rings (SSSR count). The molecule has 0 aliphatic carbocycles. The van der Waals surface area contributed by atoms with E-state index in [2.05, 4.69) is 20.5 Å². The molecule has 0 bridgehead atoms. The van der Waals surface area contributed by atoms with Gasteiger partial charge >= 0.3 is 0 Å². The van der Waals surface area contributed by atoms with Crippen molar-refractivity contribution in [2.75, 3.05) is 0 Å². The molecule has 0 saturated heterocycles. The number of hydrogen-bond acceptors (Lipinski definition) is 1. The predicted molar refractivity (Wildman–Crippen MR) is 66.7 cm³/mol. The lowest BCUT2D eigenvalue weighted by Crippen LogP contribution is -2.00. The van der Waals surface area contributed by atoms with Crippen LogP contribution in [0.1, 0.15) is 10.4 Å². The van der Waals surface area contributed by atoms with Crippen molar-refractivity contribution < 1.29 is 4.79 Å². The maximum Gasteiger partial charge on any atom is 0.185 e. The number of benzene rings is 2. The van der Waals surface area contributed by atoms with Crippen LogP contribution in [-0.4, -0.2) is 13.6 Å². The molecule has 0 spiro atoms. The highest BCUT2D eigenvalue weighted by molar-refractivity contribution is 6.33. The largest absolute Gasteiger partial charge is 0.289 e. The SMILES string of the molecule is Bc1ccc2cc(C(=O)C=C)ccc2c1. The molecule has 2 aromatic rings. The summed E-state index contributed by atoms with van der Waals surface area (Å²) < 4.78 is 0. The first-order valence-electron chi connectivity index (χ1n) is 4.88. The first-order chi connectivity index (χ1) is 7.20. The first kappa shape index (κ1) is 9.72. The standard InChI is InChI=1S/C13H11BO/c1-2-13(15)11-4-3-10-8-12(14)6-5-9(10)7-11/h2-8H,1,14H2. The van der Waals surface area contributed by atoms with Crippen LogP contribution in [0.5, 0.6) is 0 Å². The van der Waals surface area contributed by atoms with Crippen molar-refractivity contribution in [1.82, 2.24) is 0 Å². The Hall–Kier alpha value is -1.83. The van der Waals surface area contributed by atoms with Crippen molar-refractivity contribution in [2.24, 2.45) is 0 Å². The number of allylic oxidation sites excluding steroid dienone is 1. The lowest BCUT2D eigenvalue weighted by atomic mass is 9.93. The average molecular weight is 194 g/mol. The third kappa shape index (κ3) is 1.84. The van der Waals surface area contributed by atoms with Crippen LogP contribution in [0.4, 0.5) is 0 Å². The van der Waals surface area contributed by atoms with Crippen LogP contribution in [0.25, 0.3) is 10.8 Å². The number of fused-ring (bicyclic) bond motifs is 1. The maximum absolute atomic E-state index is 11.4. The van der Waals surface area contributed by atoms with Gasteiger partial charge in [0, 0.05) is 5.56 Å². The van der Waals surface area contributed by atoms with Gasteiger partial charge in [0.1, 0.15) is 7.85 Å². The molecule has 15 heavy (non-hydrogen) atoms. The predicted octanol–water partition coefficient (Wildman–Crippen LogP) is 1.47. The van der Waals surface area contributed by atoms with Crippen molar-refractivity contribution in [1.29, 1.82) is 0 Å². The van der Waals surface area contributed by atoms with Gasteiger partial charge in [-0.3, -0.25) is 4.79 Å². The van der Waals surface area contributed by atoms with Gasteiger partial charge in [0.2, 0.25) is 0 Å². The maximum atomic E-state index is 11.4. The van der Waals surface area contributed by atoms with E-state index in [1.165, 1.54) is 11.5 Å². The second kappa shape index (κ2) is 3.74. The molecule has 0 atom stereocenters. The second-order valence-corrected chi connectivity index (χ2v) is 3.63. The van der Waals surface area contributed by atoms with E-state index >= 15 is 0 Å². The summed E-state index contributed by atoms with van der Waals surface area (Å²) >= 11 is 0. The van der Waals surface area contributed by atoms with E-state index in [1.54, 1.807) is 0 Å². The molecule has 72 valence electrons. The third-order valence-electron chi connectivity index (χ3n) is 2.47. The molecular formula is C13H11BO. The fourth-order valence-electron chi connectivity index (χ4n) is 1.64. The molecule has 0 radical (unpaired) electrons. The molecule has 0 unspecified atom stereocenters. The molecule has 0 saturated carbocycles. The summed E-state index contributed by atoms with van der Waals surface area (Å²) in [5.41, 5.74) is 1.92. The van der Waals surface area contributed by atoms with E-state index in [-0.39, 0.29) is 5.78 Å².